The van der Waals surface area contributed by atoms with Crippen LogP contribution in [0.5, 0.6) is 5.88 Å². The zero-order chi connectivity index (χ0) is 27.0. The molecule has 1 fully saturated rings. The molecule has 0 atom stereocenters. The second kappa shape index (κ2) is 10.1. The summed E-state index contributed by atoms with van der Waals surface area (Å²) < 4.78 is 1.17. The summed E-state index contributed by atoms with van der Waals surface area (Å²) in [4.78, 5) is 41.4. The molecule has 196 valence electrons. The number of carbonyl (C=O) groups is 1. The topological polar surface area (TPSA) is 165 Å². The number of nitrogens with two attached hydrogens (primary N) is 2. The Bertz CT molecular complexity index is 1600. The fraction of sp³-hybridized carbons (Fsp3) is 0.240. The molecular weight excluding hydrogens is 528 g/mol. The number of halogens is 1. The fourth-order valence-electron chi connectivity index (χ4n) is 4.11. The lowest BCUT2D eigenvalue weighted by Crippen LogP contribution is -2.48. The Balaban J connectivity index is 1.35. The van der Waals surface area contributed by atoms with Gasteiger partial charge in [-0.25, -0.2) is 9.97 Å². The van der Waals surface area contributed by atoms with Crippen molar-refractivity contribution in [3.05, 3.63) is 69.7 Å². The minimum atomic E-state index is -0.846. The van der Waals surface area contributed by atoms with E-state index in [0.717, 1.165) is 25.9 Å². The van der Waals surface area contributed by atoms with E-state index in [1.165, 1.54) is 22.4 Å². The van der Waals surface area contributed by atoms with Gasteiger partial charge in [-0.2, -0.15) is 4.98 Å². The van der Waals surface area contributed by atoms with Gasteiger partial charge >= 0.3 is 0 Å². The Kier molecular flexibility index (Phi) is 6.86. The molecule has 0 radical (unpaired) electrons. The summed E-state index contributed by atoms with van der Waals surface area (Å²) in [5, 5.41) is 13.5. The number of nitrogen functional groups attached to an aromatic ring is 1. The molecule has 1 aliphatic heterocycles. The molecule has 6 N–H and O–H groups in total. The number of fused-ring (bicyclic) bond motifs is 1. The van der Waals surface area contributed by atoms with Crippen LogP contribution in [0.4, 0.5) is 17.3 Å². The molecule has 0 spiro atoms. The number of nitrogens with one attached hydrogen (secondary N) is 1. The number of hydrogen-bond donors (Lipinski definition) is 4. The molecule has 1 amide bonds. The van der Waals surface area contributed by atoms with Crippen molar-refractivity contribution in [2.75, 3.05) is 29.0 Å². The third-order valence-corrected chi connectivity index (χ3v) is 7.93. The van der Waals surface area contributed by atoms with Gasteiger partial charge in [-0.1, -0.05) is 35.5 Å². The van der Waals surface area contributed by atoms with Crippen LogP contribution in [-0.2, 0) is 0 Å². The maximum absolute atomic E-state index is 13.0. The van der Waals surface area contributed by atoms with Gasteiger partial charge in [0.05, 0.1) is 16.9 Å². The molecule has 3 aromatic heterocycles. The number of piperidine rings is 1. The number of pyridine rings is 1. The number of benzene rings is 1. The maximum atomic E-state index is 13.0. The fourth-order valence-corrected chi connectivity index (χ4v) is 5.21. The molecule has 1 saturated heterocycles. The number of hydrogen-bond acceptors (Lipinski definition) is 10. The number of carbonyl (C=O) groups excluding carboxylic acids is 1. The van der Waals surface area contributed by atoms with Crippen LogP contribution in [0.2, 0.25) is 5.02 Å². The Hall–Kier alpha value is -3.87. The summed E-state index contributed by atoms with van der Waals surface area (Å²) >= 11 is 7.78. The van der Waals surface area contributed by atoms with E-state index in [4.69, 9.17) is 23.1 Å². The molecule has 4 heterocycles. The van der Waals surface area contributed by atoms with Crippen molar-refractivity contribution < 1.29 is 9.90 Å². The number of rotatable bonds is 5. The van der Waals surface area contributed by atoms with Gasteiger partial charge < -0.3 is 26.8 Å². The summed E-state index contributed by atoms with van der Waals surface area (Å²) in [6.45, 7) is 3.59. The van der Waals surface area contributed by atoms with Crippen molar-refractivity contribution in [1.82, 2.24) is 19.4 Å². The van der Waals surface area contributed by atoms with E-state index < -0.39 is 22.9 Å². The standard InChI is InChI=1S/C25H25ClN8O3S/c1-25(28)8-11-33(12-9-25)17-13-29-23(20(27)31-17)38-15-6-4-5-14(19(15)26)30-21(35)18-22(36)32-16-7-2-3-10-34(16)24(18)37/h2-7,10,13,36H,8-9,11-12,28H2,1H3,(H2,27,31)(H,30,35). The van der Waals surface area contributed by atoms with Crippen LogP contribution < -0.4 is 27.2 Å². The van der Waals surface area contributed by atoms with Crippen LogP contribution in [0.25, 0.3) is 5.65 Å². The van der Waals surface area contributed by atoms with Crippen molar-refractivity contribution in [1.29, 1.82) is 0 Å². The van der Waals surface area contributed by atoms with Crippen LogP contribution in [0.15, 0.2) is 63.5 Å². The van der Waals surface area contributed by atoms with Crippen LogP contribution >= 0.6 is 23.4 Å². The van der Waals surface area contributed by atoms with Crippen molar-refractivity contribution >= 4 is 52.2 Å². The first-order valence-corrected chi connectivity index (χ1v) is 13.0. The van der Waals surface area contributed by atoms with Gasteiger partial charge in [-0.05, 0) is 44.0 Å². The molecular formula is C25H25ClN8O3S. The van der Waals surface area contributed by atoms with Crippen molar-refractivity contribution in [3.8, 4) is 5.88 Å². The van der Waals surface area contributed by atoms with E-state index in [0.29, 0.717) is 15.7 Å². The Morgan fingerprint density at radius 3 is 2.68 bits per heavy atom. The first kappa shape index (κ1) is 25.8. The second-order valence-corrected chi connectivity index (χ2v) is 10.7. The quantitative estimate of drug-likeness (QED) is 0.289. The third-order valence-electron chi connectivity index (χ3n) is 6.34. The summed E-state index contributed by atoms with van der Waals surface area (Å²) in [6, 6.07) is 9.84. The Labute approximate surface area is 226 Å². The normalized spacial score (nSPS) is 15.0. The summed E-state index contributed by atoms with van der Waals surface area (Å²) in [7, 11) is 0. The molecule has 0 aliphatic carbocycles. The van der Waals surface area contributed by atoms with Gasteiger partial charge in [-0.15, -0.1) is 0 Å². The lowest BCUT2D eigenvalue weighted by molar-refractivity contribution is 0.102. The Morgan fingerprint density at radius 1 is 1.18 bits per heavy atom. The van der Waals surface area contributed by atoms with E-state index in [1.54, 1.807) is 42.6 Å². The molecule has 1 aromatic carbocycles. The summed E-state index contributed by atoms with van der Waals surface area (Å²) in [5.74, 6) is -0.585. The molecule has 1 aliphatic rings. The van der Waals surface area contributed by atoms with Gasteiger partial charge in [0.2, 0.25) is 5.88 Å². The second-order valence-electron chi connectivity index (χ2n) is 9.28. The summed E-state index contributed by atoms with van der Waals surface area (Å²) in [5.41, 5.74) is 11.5. The zero-order valence-corrected chi connectivity index (χ0v) is 22.0. The molecule has 38 heavy (non-hydrogen) atoms. The van der Waals surface area contributed by atoms with E-state index in [-0.39, 0.29) is 27.7 Å². The van der Waals surface area contributed by atoms with Crippen molar-refractivity contribution in [3.63, 3.8) is 0 Å². The minimum absolute atomic E-state index is 0.180. The molecule has 13 heteroatoms. The van der Waals surface area contributed by atoms with Crippen LogP contribution in [0.1, 0.15) is 30.1 Å². The average Bonchev–Trinajstić information content (AvgIpc) is 2.87. The van der Waals surface area contributed by atoms with Crippen molar-refractivity contribution in [2.24, 2.45) is 5.73 Å². The minimum Gasteiger partial charge on any atom is -0.493 e. The van der Waals surface area contributed by atoms with Crippen LogP contribution in [0.3, 0.4) is 0 Å². The lowest BCUT2D eigenvalue weighted by Gasteiger charge is -2.37. The number of nitrogens with zero attached hydrogens (tertiary/aromatic N) is 5. The predicted molar refractivity (Wildman–Crippen MR) is 147 cm³/mol. The molecule has 11 nitrogen and oxygen atoms in total. The van der Waals surface area contributed by atoms with Gasteiger partial charge in [0.1, 0.15) is 16.5 Å². The molecule has 0 saturated carbocycles. The number of aromatic nitrogens is 4. The Morgan fingerprint density at radius 2 is 1.95 bits per heavy atom. The highest BCUT2D eigenvalue weighted by Crippen LogP contribution is 2.39. The molecule has 5 rings (SSSR count). The average molecular weight is 553 g/mol. The van der Waals surface area contributed by atoms with Gasteiger partial charge in [0.25, 0.3) is 11.5 Å². The highest BCUT2D eigenvalue weighted by atomic mass is 35.5. The zero-order valence-electron chi connectivity index (χ0n) is 20.4. The first-order valence-electron chi connectivity index (χ1n) is 11.8. The van der Waals surface area contributed by atoms with E-state index in [9.17, 15) is 14.7 Å². The SMILES string of the molecule is CC1(N)CCN(c2cnc(Sc3cccc(NC(=O)c4c(O)nc5ccccn5c4=O)c3Cl)c(N)n2)CC1. The van der Waals surface area contributed by atoms with Gasteiger partial charge in [0, 0.05) is 29.7 Å². The highest BCUT2D eigenvalue weighted by molar-refractivity contribution is 7.99. The number of amides is 1. The van der Waals surface area contributed by atoms with Gasteiger partial charge in [0.15, 0.2) is 11.4 Å². The smallest absolute Gasteiger partial charge is 0.274 e. The van der Waals surface area contributed by atoms with Crippen LogP contribution in [0, 0.1) is 0 Å². The van der Waals surface area contributed by atoms with E-state index in [1.807, 2.05) is 6.92 Å². The molecule has 4 aromatic rings. The predicted octanol–water partition coefficient (Wildman–Crippen LogP) is 3.15. The summed E-state index contributed by atoms with van der Waals surface area (Å²) in [6.07, 6.45) is 4.82. The lowest BCUT2D eigenvalue weighted by atomic mass is 9.91. The van der Waals surface area contributed by atoms with Crippen molar-refractivity contribution in [2.45, 2.75) is 35.2 Å². The monoisotopic (exact) mass is 552 g/mol. The van der Waals surface area contributed by atoms with E-state index >= 15 is 0 Å². The number of aromatic hydroxyl groups is 1. The first-order chi connectivity index (χ1) is 18.1. The molecule has 0 unspecified atom stereocenters. The highest BCUT2D eigenvalue weighted by Gasteiger charge is 2.27. The largest absolute Gasteiger partial charge is 0.493 e. The van der Waals surface area contributed by atoms with Crippen LogP contribution in [-0.4, -0.2) is 49.0 Å². The molecule has 0 bridgehead atoms. The van der Waals surface area contributed by atoms with E-state index in [2.05, 4.69) is 25.2 Å². The number of anilines is 3. The third kappa shape index (κ3) is 5.10. The van der Waals surface area contributed by atoms with Gasteiger partial charge in [-0.3, -0.25) is 14.0 Å². The maximum Gasteiger partial charge on any atom is 0.274 e.